The molecule has 33 heavy (non-hydrogen) atoms. The Bertz CT molecular complexity index is 1340. The van der Waals surface area contributed by atoms with Gasteiger partial charge in [0.25, 0.3) is 11.5 Å². The zero-order valence-electron chi connectivity index (χ0n) is 18.0. The molecule has 1 aromatic heterocycles. The van der Waals surface area contributed by atoms with Crippen LogP contribution in [0.4, 0.5) is 4.39 Å². The molecule has 168 valence electrons. The van der Waals surface area contributed by atoms with Crippen LogP contribution in [0.2, 0.25) is 0 Å². The molecule has 0 aliphatic rings. The number of thioether (sulfide) groups is 1. The third-order valence-electron chi connectivity index (χ3n) is 4.97. The van der Waals surface area contributed by atoms with Crippen LogP contribution in [-0.4, -0.2) is 35.7 Å². The fourth-order valence-electron chi connectivity index (χ4n) is 3.34. The van der Waals surface area contributed by atoms with Crippen molar-refractivity contribution >= 4 is 28.6 Å². The Morgan fingerprint density at radius 3 is 2.67 bits per heavy atom. The standard InChI is InChI=1S/C25H22FN3O3S/c1-32-13-12-27-23(30)18-10-11-21-22(14-18)28-25(33-16-17-6-3-2-4-7-17)29(24(21)31)20-9-5-8-19(26)15-20/h2-11,14-15H,12-13,16H2,1H3,(H,27,30). The second-order valence-electron chi connectivity index (χ2n) is 7.27. The highest BCUT2D eigenvalue weighted by Gasteiger charge is 2.16. The number of nitrogens with zero attached hydrogens (tertiary/aromatic N) is 2. The summed E-state index contributed by atoms with van der Waals surface area (Å²) in [6.07, 6.45) is 0. The van der Waals surface area contributed by atoms with Gasteiger partial charge in [0.05, 0.1) is 23.2 Å². The minimum atomic E-state index is -0.443. The van der Waals surface area contributed by atoms with Crippen molar-refractivity contribution in [1.29, 1.82) is 0 Å². The molecular formula is C25H22FN3O3S. The minimum absolute atomic E-state index is 0.274. The van der Waals surface area contributed by atoms with Gasteiger partial charge in [0.15, 0.2) is 5.16 Å². The van der Waals surface area contributed by atoms with Crippen LogP contribution in [0.3, 0.4) is 0 Å². The SMILES string of the molecule is COCCNC(=O)c1ccc2c(=O)n(-c3cccc(F)c3)c(SCc3ccccc3)nc2c1. The molecule has 0 spiro atoms. The Morgan fingerprint density at radius 1 is 1.09 bits per heavy atom. The van der Waals surface area contributed by atoms with Gasteiger partial charge in [-0.15, -0.1) is 0 Å². The molecule has 0 aliphatic carbocycles. The first kappa shape index (κ1) is 22.7. The smallest absolute Gasteiger partial charge is 0.266 e. The first-order valence-electron chi connectivity index (χ1n) is 10.3. The number of aromatic nitrogens is 2. The molecule has 0 saturated heterocycles. The monoisotopic (exact) mass is 463 g/mol. The van der Waals surface area contributed by atoms with Crippen LogP contribution in [0.15, 0.2) is 82.7 Å². The Balaban J connectivity index is 1.78. The molecule has 0 saturated carbocycles. The molecule has 0 bridgehead atoms. The third-order valence-corrected chi connectivity index (χ3v) is 5.98. The average Bonchev–Trinajstić information content (AvgIpc) is 2.83. The maximum atomic E-state index is 14.0. The Morgan fingerprint density at radius 2 is 1.91 bits per heavy atom. The van der Waals surface area contributed by atoms with Gasteiger partial charge in [-0.05, 0) is 42.0 Å². The molecule has 4 aromatic rings. The van der Waals surface area contributed by atoms with Crippen molar-refractivity contribution in [3.63, 3.8) is 0 Å². The molecule has 0 aliphatic heterocycles. The fraction of sp³-hybridized carbons (Fsp3) is 0.160. The highest BCUT2D eigenvalue weighted by Crippen LogP contribution is 2.25. The molecule has 0 fully saturated rings. The lowest BCUT2D eigenvalue weighted by Gasteiger charge is -2.14. The van der Waals surface area contributed by atoms with Crippen LogP contribution in [-0.2, 0) is 10.5 Å². The summed E-state index contributed by atoms with van der Waals surface area (Å²) in [5.74, 6) is -0.143. The molecule has 1 heterocycles. The summed E-state index contributed by atoms with van der Waals surface area (Å²) in [7, 11) is 1.56. The van der Waals surface area contributed by atoms with Gasteiger partial charge in [-0.25, -0.2) is 9.37 Å². The van der Waals surface area contributed by atoms with Crippen molar-refractivity contribution in [2.24, 2.45) is 0 Å². The highest BCUT2D eigenvalue weighted by atomic mass is 32.2. The van der Waals surface area contributed by atoms with Crippen molar-refractivity contribution in [1.82, 2.24) is 14.9 Å². The number of methoxy groups -OCH3 is 1. The number of fused-ring (bicyclic) bond motifs is 1. The lowest BCUT2D eigenvalue weighted by atomic mass is 10.1. The second-order valence-corrected chi connectivity index (χ2v) is 8.21. The van der Waals surface area contributed by atoms with Crippen LogP contribution in [0.5, 0.6) is 0 Å². The number of carbonyl (C=O) groups is 1. The molecule has 8 heteroatoms. The lowest BCUT2D eigenvalue weighted by molar-refractivity contribution is 0.0937. The molecular weight excluding hydrogens is 441 g/mol. The number of carbonyl (C=O) groups excluding carboxylic acids is 1. The van der Waals surface area contributed by atoms with Gasteiger partial charge < -0.3 is 10.1 Å². The maximum absolute atomic E-state index is 14.0. The van der Waals surface area contributed by atoms with Crippen molar-refractivity contribution in [2.45, 2.75) is 10.9 Å². The molecule has 0 atom stereocenters. The van der Waals surface area contributed by atoms with E-state index >= 15 is 0 Å². The molecule has 3 aromatic carbocycles. The number of nitrogens with one attached hydrogen (secondary N) is 1. The average molecular weight is 464 g/mol. The predicted octanol–water partition coefficient (Wildman–Crippen LogP) is 4.19. The van der Waals surface area contributed by atoms with Crippen molar-refractivity contribution in [3.05, 3.63) is 100 Å². The van der Waals surface area contributed by atoms with Crippen LogP contribution in [0.25, 0.3) is 16.6 Å². The van der Waals surface area contributed by atoms with E-state index < -0.39 is 5.82 Å². The molecule has 1 N–H and O–H groups in total. The van der Waals surface area contributed by atoms with Crippen LogP contribution in [0, 0.1) is 5.82 Å². The fourth-order valence-corrected chi connectivity index (χ4v) is 4.31. The Kier molecular flexibility index (Phi) is 7.16. The van der Waals surface area contributed by atoms with Gasteiger partial charge in [-0.1, -0.05) is 48.2 Å². The summed E-state index contributed by atoms with van der Waals surface area (Å²) in [6, 6.07) is 20.4. The Hall–Kier alpha value is -3.49. The Labute approximate surface area is 194 Å². The van der Waals surface area contributed by atoms with E-state index in [4.69, 9.17) is 9.72 Å². The number of benzene rings is 3. The first-order chi connectivity index (χ1) is 16.1. The van der Waals surface area contributed by atoms with Crippen LogP contribution >= 0.6 is 11.8 Å². The zero-order valence-corrected chi connectivity index (χ0v) is 18.8. The number of ether oxygens (including phenoxy) is 1. The topological polar surface area (TPSA) is 73.2 Å². The summed E-state index contributed by atoms with van der Waals surface area (Å²) in [5, 5.41) is 3.52. The number of rotatable bonds is 8. The largest absolute Gasteiger partial charge is 0.383 e. The number of hydrogen-bond donors (Lipinski definition) is 1. The third kappa shape index (κ3) is 5.30. The van der Waals surface area contributed by atoms with E-state index in [1.54, 1.807) is 37.4 Å². The van der Waals surface area contributed by atoms with Crippen molar-refractivity contribution in [2.75, 3.05) is 20.3 Å². The van der Waals surface area contributed by atoms with Gasteiger partial charge in [0, 0.05) is 25.0 Å². The number of halogens is 1. The second kappa shape index (κ2) is 10.4. The maximum Gasteiger partial charge on any atom is 0.266 e. The zero-order chi connectivity index (χ0) is 23.2. The van der Waals surface area contributed by atoms with Crippen molar-refractivity contribution < 1.29 is 13.9 Å². The summed E-state index contributed by atoms with van der Waals surface area (Å²) in [6.45, 7) is 0.774. The number of amides is 1. The summed E-state index contributed by atoms with van der Waals surface area (Å²) in [4.78, 5) is 30.6. The van der Waals surface area contributed by atoms with Gasteiger partial charge in [-0.2, -0.15) is 0 Å². The predicted molar refractivity (Wildman–Crippen MR) is 128 cm³/mol. The number of hydrogen-bond acceptors (Lipinski definition) is 5. The van der Waals surface area contributed by atoms with Gasteiger partial charge in [0.2, 0.25) is 0 Å². The summed E-state index contributed by atoms with van der Waals surface area (Å²) in [5.41, 5.74) is 1.93. The van der Waals surface area contributed by atoms with Gasteiger partial charge in [-0.3, -0.25) is 14.2 Å². The molecule has 0 unspecified atom stereocenters. The molecule has 1 amide bonds. The normalized spacial score (nSPS) is 11.0. The minimum Gasteiger partial charge on any atom is -0.383 e. The van der Waals surface area contributed by atoms with E-state index in [2.05, 4.69) is 5.32 Å². The van der Waals surface area contributed by atoms with Crippen LogP contribution in [0.1, 0.15) is 15.9 Å². The summed E-state index contributed by atoms with van der Waals surface area (Å²) >= 11 is 1.37. The quantitative estimate of drug-likeness (QED) is 0.241. The van der Waals surface area contributed by atoms with E-state index in [0.717, 1.165) is 5.56 Å². The lowest BCUT2D eigenvalue weighted by Crippen LogP contribution is -2.27. The van der Waals surface area contributed by atoms with E-state index in [0.29, 0.717) is 46.2 Å². The molecule has 6 nitrogen and oxygen atoms in total. The van der Waals surface area contributed by atoms with E-state index in [1.807, 2.05) is 30.3 Å². The van der Waals surface area contributed by atoms with E-state index in [9.17, 15) is 14.0 Å². The molecule has 4 rings (SSSR count). The van der Waals surface area contributed by atoms with Gasteiger partial charge >= 0.3 is 0 Å². The highest BCUT2D eigenvalue weighted by molar-refractivity contribution is 7.98. The van der Waals surface area contributed by atoms with Gasteiger partial charge in [0.1, 0.15) is 5.82 Å². The summed E-state index contributed by atoms with van der Waals surface area (Å²) < 4.78 is 20.3. The van der Waals surface area contributed by atoms with Crippen LogP contribution < -0.4 is 10.9 Å². The van der Waals surface area contributed by atoms with E-state index in [1.165, 1.54) is 28.5 Å². The first-order valence-corrected chi connectivity index (χ1v) is 11.3. The van der Waals surface area contributed by atoms with E-state index in [-0.39, 0.29) is 11.5 Å². The van der Waals surface area contributed by atoms with Crippen molar-refractivity contribution in [3.8, 4) is 5.69 Å². The molecule has 0 radical (unpaired) electrons.